The maximum Gasteiger partial charge on any atom is 0.269 e. The fraction of sp³-hybridized carbons (Fsp3) is 0.538. The average molecular weight is 273 g/mol. The van der Waals surface area contributed by atoms with Gasteiger partial charge in [0.2, 0.25) is 0 Å². The van der Waals surface area contributed by atoms with Gasteiger partial charge < -0.3 is 5.73 Å². The molecule has 0 heterocycles. The number of benzene rings is 1. The predicted octanol–water partition coefficient (Wildman–Crippen LogP) is 3.55. The number of aryl methyl sites for hydroxylation is 1. The normalized spacial score (nSPS) is 10.9. The van der Waals surface area contributed by atoms with Crippen molar-refractivity contribution in [3.63, 3.8) is 0 Å². The van der Waals surface area contributed by atoms with Gasteiger partial charge in [-0.05, 0) is 30.4 Å². The zero-order chi connectivity index (χ0) is 13.1. The third kappa shape index (κ3) is 3.21. The van der Waals surface area contributed by atoms with Crippen molar-refractivity contribution in [2.24, 2.45) is 5.73 Å². The number of nitro groups is 1. The molecule has 0 aromatic heterocycles. The van der Waals surface area contributed by atoms with Crippen molar-refractivity contribution < 1.29 is 4.92 Å². The lowest BCUT2D eigenvalue weighted by molar-refractivity contribution is -0.384. The van der Waals surface area contributed by atoms with Crippen LogP contribution in [-0.4, -0.2) is 4.92 Å². The van der Waals surface area contributed by atoms with Gasteiger partial charge in [0.05, 0.1) is 4.92 Å². The number of nitro benzene ring substituents is 1. The van der Waals surface area contributed by atoms with Gasteiger partial charge in [-0.2, -0.15) is 0 Å². The number of hydrogen-bond acceptors (Lipinski definition) is 3. The van der Waals surface area contributed by atoms with Crippen molar-refractivity contribution in [2.75, 3.05) is 0 Å². The third-order valence-corrected chi connectivity index (χ3v) is 3.48. The van der Waals surface area contributed by atoms with Gasteiger partial charge in [0.1, 0.15) is 0 Å². The van der Waals surface area contributed by atoms with Crippen LogP contribution in [0, 0.1) is 10.1 Å². The highest BCUT2D eigenvalue weighted by molar-refractivity contribution is 5.85. The van der Waals surface area contributed by atoms with Gasteiger partial charge in [-0.15, -0.1) is 12.4 Å². The van der Waals surface area contributed by atoms with Crippen LogP contribution >= 0.6 is 12.4 Å². The summed E-state index contributed by atoms with van der Waals surface area (Å²) in [6.45, 7) is 6.09. The molecule has 0 aliphatic carbocycles. The molecular formula is C13H21ClN2O2. The fourth-order valence-electron chi connectivity index (χ4n) is 2.10. The smallest absolute Gasteiger partial charge is 0.269 e. The molecule has 0 radical (unpaired) electrons. The maximum absolute atomic E-state index is 10.7. The summed E-state index contributed by atoms with van der Waals surface area (Å²) in [5.74, 6) is 0. The van der Waals surface area contributed by atoms with Gasteiger partial charge >= 0.3 is 0 Å². The summed E-state index contributed by atoms with van der Waals surface area (Å²) < 4.78 is 0. The molecule has 0 amide bonds. The lowest BCUT2D eigenvalue weighted by atomic mass is 9.82. The van der Waals surface area contributed by atoms with Crippen LogP contribution in [0.3, 0.4) is 0 Å². The standard InChI is InChI=1S/C13H20N2O2.ClH/c1-4-10-9-11(15(16)17)7-8-12(10)13(14,5-2)6-3;/h7-9H,4-6,14H2,1-3H3;1H. The van der Waals surface area contributed by atoms with Crippen LogP contribution in [0.25, 0.3) is 0 Å². The van der Waals surface area contributed by atoms with Gasteiger partial charge in [0.15, 0.2) is 0 Å². The highest BCUT2D eigenvalue weighted by Gasteiger charge is 2.26. The van der Waals surface area contributed by atoms with Gasteiger partial charge in [-0.3, -0.25) is 10.1 Å². The summed E-state index contributed by atoms with van der Waals surface area (Å²) in [7, 11) is 0. The molecule has 0 saturated heterocycles. The van der Waals surface area contributed by atoms with E-state index >= 15 is 0 Å². The monoisotopic (exact) mass is 272 g/mol. The van der Waals surface area contributed by atoms with Crippen LogP contribution in [-0.2, 0) is 12.0 Å². The first kappa shape index (κ1) is 16.9. The predicted molar refractivity (Wildman–Crippen MR) is 76.2 cm³/mol. The number of nitrogens with two attached hydrogens (primary N) is 1. The molecule has 1 aromatic rings. The molecular weight excluding hydrogens is 252 g/mol. The number of nitrogens with zero attached hydrogens (tertiary/aromatic N) is 1. The van der Waals surface area contributed by atoms with Crippen LogP contribution in [0.2, 0.25) is 0 Å². The van der Waals surface area contributed by atoms with Crippen molar-refractivity contribution in [3.8, 4) is 0 Å². The highest BCUT2D eigenvalue weighted by Crippen LogP contribution is 2.31. The zero-order valence-corrected chi connectivity index (χ0v) is 11.9. The maximum atomic E-state index is 10.7. The van der Waals surface area contributed by atoms with Crippen molar-refractivity contribution in [1.82, 2.24) is 0 Å². The third-order valence-electron chi connectivity index (χ3n) is 3.48. The molecule has 102 valence electrons. The second-order valence-electron chi connectivity index (χ2n) is 4.32. The van der Waals surface area contributed by atoms with E-state index in [2.05, 4.69) is 0 Å². The molecule has 0 spiro atoms. The van der Waals surface area contributed by atoms with Crippen molar-refractivity contribution in [2.45, 2.75) is 45.6 Å². The van der Waals surface area contributed by atoms with E-state index in [1.54, 1.807) is 12.1 Å². The molecule has 0 unspecified atom stereocenters. The number of halogens is 1. The minimum absolute atomic E-state index is 0. The number of non-ortho nitro benzene ring substituents is 1. The van der Waals surface area contributed by atoms with E-state index in [4.69, 9.17) is 5.73 Å². The van der Waals surface area contributed by atoms with E-state index in [1.165, 1.54) is 0 Å². The Morgan fingerprint density at radius 2 is 1.83 bits per heavy atom. The Kier molecular flexibility index (Phi) is 6.29. The first-order chi connectivity index (χ1) is 7.98. The Bertz CT molecular complexity index is 417. The van der Waals surface area contributed by atoms with Crippen LogP contribution < -0.4 is 5.73 Å². The van der Waals surface area contributed by atoms with Gasteiger partial charge in [-0.25, -0.2) is 0 Å². The molecule has 1 aromatic carbocycles. The van der Waals surface area contributed by atoms with Crippen LogP contribution in [0.1, 0.15) is 44.7 Å². The van der Waals surface area contributed by atoms with Crippen LogP contribution in [0.15, 0.2) is 18.2 Å². The zero-order valence-electron chi connectivity index (χ0n) is 11.1. The Morgan fingerprint density at radius 1 is 1.28 bits per heavy atom. The van der Waals surface area contributed by atoms with Crippen LogP contribution in [0.4, 0.5) is 5.69 Å². The molecule has 5 heteroatoms. The van der Waals surface area contributed by atoms with E-state index in [9.17, 15) is 10.1 Å². The second kappa shape index (κ2) is 6.71. The average Bonchev–Trinajstić information content (AvgIpc) is 2.36. The molecule has 0 fully saturated rings. The van der Waals surface area contributed by atoms with E-state index in [1.807, 2.05) is 26.8 Å². The second-order valence-corrected chi connectivity index (χ2v) is 4.32. The molecule has 1 rings (SSSR count). The van der Waals surface area contributed by atoms with Crippen molar-refractivity contribution in [1.29, 1.82) is 0 Å². The fourth-order valence-corrected chi connectivity index (χ4v) is 2.10. The van der Waals surface area contributed by atoms with Gasteiger partial charge in [-0.1, -0.05) is 26.8 Å². The molecule has 0 aliphatic heterocycles. The Morgan fingerprint density at radius 3 is 2.22 bits per heavy atom. The summed E-state index contributed by atoms with van der Waals surface area (Å²) in [4.78, 5) is 10.4. The molecule has 0 saturated carbocycles. The summed E-state index contributed by atoms with van der Waals surface area (Å²) in [5.41, 5.74) is 8.13. The number of rotatable bonds is 5. The minimum atomic E-state index is -0.375. The van der Waals surface area contributed by atoms with E-state index in [0.29, 0.717) is 0 Å². The van der Waals surface area contributed by atoms with Crippen molar-refractivity contribution >= 4 is 18.1 Å². The molecule has 0 bridgehead atoms. The highest BCUT2D eigenvalue weighted by atomic mass is 35.5. The van der Waals surface area contributed by atoms with Gasteiger partial charge in [0, 0.05) is 17.7 Å². The topological polar surface area (TPSA) is 69.2 Å². The van der Waals surface area contributed by atoms with Crippen LogP contribution in [0.5, 0.6) is 0 Å². The molecule has 18 heavy (non-hydrogen) atoms. The van der Waals surface area contributed by atoms with E-state index in [-0.39, 0.29) is 28.6 Å². The largest absolute Gasteiger partial charge is 0.321 e. The van der Waals surface area contributed by atoms with Gasteiger partial charge in [0.25, 0.3) is 5.69 Å². The molecule has 2 N–H and O–H groups in total. The summed E-state index contributed by atoms with van der Waals surface area (Å²) in [6, 6.07) is 4.99. The first-order valence-corrected chi connectivity index (χ1v) is 6.05. The lowest BCUT2D eigenvalue weighted by Gasteiger charge is -2.29. The number of hydrogen-bond donors (Lipinski definition) is 1. The minimum Gasteiger partial charge on any atom is -0.321 e. The lowest BCUT2D eigenvalue weighted by Crippen LogP contribution is -2.36. The Hall–Kier alpha value is -1.13. The molecule has 0 atom stereocenters. The summed E-state index contributed by atoms with van der Waals surface area (Å²) in [6.07, 6.45) is 2.42. The SMILES string of the molecule is CCc1cc([N+](=O)[O-])ccc1C(N)(CC)CC.Cl. The van der Waals surface area contributed by atoms with E-state index in [0.717, 1.165) is 30.4 Å². The quantitative estimate of drug-likeness (QED) is 0.658. The van der Waals surface area contributed by atoms with Crippen molar-refractivity contribution in [3.05, 3.63) is 39.4 Å². The van der Waals surface area contributed by atoms with E-state index < -0.39 is 0 Å². The summed E-state index contributed by atoms with van der Waals surface area (Å²) in [5, 5.41) is 10.7. The Balaban J connectivity index is 0.00000289. The first-order valence-electron chi connectivity index (χ1n) is 6.05. The summed E-state index contributed by atoms with van der Waals surface area (Å²) >= 11 is 0. The Labute approximate surface area is 114 Å². The molecule has 0 aliphatic rings. The molecule has 4 nitrogen and oxygen atoms in total.